The largest absolute Gasteiger partial charge is 0.380 e. The third kappa shape index (κ3) is 3.15. The highest BCUT2D eigenvalue weighted by molar-refractivity contribution is 5.85. The lowest BCUT2D eigenvalue weighted by Crippen LogP contribution is -2.48. The Morgan fingerprint density at radius 2 is 2.00 bits per heavy atom. The molecule has 1 saturated carbocycles. The van der Waals surface area contributed by atoms with Crippen molar-refractivity contribution in [3.63, 3.8) is 0 Å². The first-order chi connectivity index (χ1) is 11.1. The van der Waals surface area contributed by atoms with Gasteiger partial charge >= 0.3 is 0 Å². The Hall–Kier alpha value is -2.13. The van der Waals surface area contributed by atoms with Crippen molar-refractivity contribution in [1.82, 2.24) is 9.88 Å². The Morgan fingerprint density at radius 1 is 1.22 bits per heavy atom. The van der Waals surface area contributed by atoms with E-state index in [9.17, 15) is 15.2 Å². The van der Waals surface area contributed by atoms with Gasteiger partial charge in [-0.15, -0.1) is 0 Å². The van der Waals surface area contributed by atoms with E-state index in [0.29, 0.717) is 43.9 Å². The highest BCUT2D eigenvalue weighted by Gasteiger charge is 2.41. The van der Waals surface area contributed by atoms with Crippen LogP contribution >= 0.6 is 0 Å². The molecule has 1 amide bonds. The van der Waals surface area contributed by atoms with Crippen molar-refractivity contribution in [3.8, 4) is 6.07 Å². The smallest absolute Gasteiger partial charge is 0.254 e. The Balaban J connectivity index is 1.70. The second-order valence-electron chi connectivity index (χ2n) is 6.36. The summed E-state index contributed by atoms with van der Waals surface area (Å²) in [5, 5.41) is 19.7. The molecule has 2 heterocycles. The molecule has 1 saturated heterocycles. The molecule has 1 aliphatic heterocycles. The number of nitrogens with zero attached hydrogens (tertiary/aromatic N) is 4. The second-order valence-corrected chi connectivity index (χ2v) is 6.36. The van der Waals surface area contributed by atoms with E-state index in [2.05, 4.69) is 16.0 Å². The van der Waals surface area contributed by atoms with Crippen LogP contribution in [0, 0.1) is 11.3 Å². The van der Waals surface area contributed by atoms with E-state index < -0.39 is 5.60 Å². The summed E-state index contributed by atoms with van der Waals surface area (Å²) in [6.45, 7) is 2.59. The average Bonchev–Trinajstić information content (AvgIpc) is 2.89. The quantitative estimate of drug-likeness (QED) is 0.890. The molecule has 1 N–H and O–H groups in total. The molecule has 0 aromatic carbocycles. The number of pyridine rings is 1. The minimum absolute atomic E-state index is 0.127. The first-order valence-corrected chi connectivity index (χ1v) is 8.26. The van der Waals surface area contributed by atoms with Crippen molar-refractivity contribution in [2.75, 3.05) is 31.1 Å². The first-order valence-electron chi connectivity index (χ1n) is 8.26. The Bertz CT molecular complexity index is 619. The maximum Gasteiger partial charge on any atom is 0.254 e. The number of carbonyl (C=O) groups is 1. The fraction of sp³-hybridized carbons (Fsp3) is 0.588. The van der Waals surface area contributed by atoms with Crippen LogP contribution in [0.2, 0.25) is 0 Å². The summed E-state index contributed by atoms with van der Waals surface area (Å²) in [6, 6.07) is 5.69. The van der Waals surface area contributed by atoms with E-state index in [4.69, 9.17) is 0 Å². The van der Waals surface area contributed by atoms with Gasteiger partial charge < -0.3 is 14.9 Å². The summed E-state index contributed by atoms with van der Waals surface area (Å²) in [5.41, 5.74) is -0.598. The Kier molecular flexibility index (Phi) is 4.49. The lowest BCUT2D eigenvalue weighted by Gasteiger charge is -2.30. The number of hydrogen-bond donors (Lipinski definition) is 1. The van der Waals surface area contributed by atoms with Crippen LogP contribution in [-0.2, 0) is 4.79 Å². The van der Waals surface area contributed by atoms with Crippen molar-refractivity contribution in [2.24, 2.45) is 0 Å². The second kappa shape index (κ2) is 6.55. The lowest BCUT2D eigenvalue weighted by atomic mass is 10.0. The maximum atomic E-state index is 12.6. The predicted molar refractivity (Wildman–Crippen MR) is 85.8 cm³/mol. The summed E-state index contributed by atoms with van der Waals surface area (Å²) < 4.78 is 0. The summed E-state index contributed by atoms with van der Waals surface area (Å²) in [4.78, 5) is 20.8. The van der Waals surface area contributed by atoms with Gasteiger partial charge in [0.15, 0.2) is 0 Å². The van der Waals surface area contributed by atoms with Gasteiger partial charge in [0.05, 0.1) is 5.56 Å². The third-order valence-corrected chi connectivity index (χ3v) is 4.82. The normalized spacial score (nSPS) is 20.9. The van der Waals surface area contributed by atoms with Gasteiger partial charge in [0.1, 0.15) is 17.5 Å². The summed E-state index contributed by atoms with van der Waals surface area (Å²) in [5.74, 6) is 0.558. The predicted octanol–water partition coefficient (Wildman–Crippen LogP) is 1.30. The molecule has 0 bridgehead atoms. The van der Waals surface area contributed by atoms with Crippen LogP contribution < -0.4 is 4.90 Å². The SMILES string of the molecule is N#Cc1cccnc1N1CCCN(C(=O)C2(O)CCCC2)CC1. The number of aromatic nitrogens is 1. The number of nitriles is 1. The van der Waals surface area contributed by atoms with Crippen molar-refractivity contribution < 1.29 is 9.90 Å². The summed E-state index contributed by atoms with van der Waals surface area (Å²) in [7, 11) is 0. The van der Waals surface area contributed by atoms with E-state index in [1.165, 1.54) is 0 Å². The molecule has 1 aliphatic carbocycles. The zero-order valence-electron chi connectivity index (χ0n) is 13.2. The van der Waals surface area contributed by atoms with Gasteiger partial charge in [-0.2, -0.15) is 5.26 Å². The minimum atomic E-state index is -1.15. The molecular formula is C17H22N4O2. The van der Waals surface area contributed by atoms with Gasteiger partial charge in [-0.05, 0) is 44.2 Å². The Labute approximate surface area is 136 Å². The molecule has 0 radical (unpaired) electrons. The van der Waals surface area contributed by atoms with Crippen molar-refractivity contribution in [3.05, 3.63) is 23.9 Å². The molecule has 0 unspecified atom stereocenters. The van der Waals surface area contributed by atoms with E-state index >= 15 is 0 Å². The molecule has 2 fully saturated rings. The zero-order chi connectivity index (χ0) is 16.3. The van der Waals surface area contributed by atoms with E-state index in [-0.39, 0.29) is 5.91 Å². The molecule has 2 aliphatic rings. The molecule has 23 heavy (non-hydrogen) atoms. The molecule has 0 atom stereocenters. The minimum Gasteiger partial charge on any atom is -0.380 e. The number of rotatable bonds is 2. The van der Waals surface area contributed by atoms with Gasteiger partial charge in [0.2, 0.25) is 0 Å². The lowest BCUT2D eigenvalue weighted by molar-refractivity contribution is -0.150. The van der Waals surface area contributed by atoms with Gasteiger partial charge in [-0.3, -0.25) is 4.79 Å². The van der Waals surface area contributed by atoms with Crippen LogP contribution in [0.5, 0.6) is 0 Å². The number of anilines is 1. The van der Waals surface area contributed by atoms with Crippen LogP contribution in [-0.4, -0.2) is 52.7 Å². The molecule has 6 nitrogen and oxygen atoms in total. The molecule has 0 spiro atoms. The Morgan fingerprint density at radius 3 is 2.74 bits per heavy atom. The molecule has 1 aromatic heterocycles. The molecule has 122 valence electrons. The van der Waals surface area contributed by atoms with Crippen LogP contribution in [0.3, 0.4) is 0 Å². The highest BCUT2D eigenvalue weighted by atomic mass is 16.3. The molecule has 6 heteroatoms. The number of amides is 1. The standard InChI is InChI=1S/C17H22N4O2/c18-13-14-5-3-8-19-15(14)20-9-4-10-21(12-11-20)16(22)17(23)6-1-2-7-17/h3,5,8,23H,1-2,4,6-7,9-12H2. The van der Waals surface area contributed by atoms with E-state index in [1.54, 1.807) is 23.2 Å². The van der Waals surface area contributed by atoms with Crippen LogP contribution in [0.4, 0.5) is 5.82 Å². The number of hydrogen-bond acceptors (Lipinski definition) is 5. The van der Waals surface area contributed by atoms with Crippen molar-refractivity contribution in [2.45, 2.75) is 37.7 Å². The monoisotopic (exact) mass is 314 g/mol. The third-order valence-electron chi connectivity index (χ3n) is 4.82. The summed E-state index contributed by atoms with van der Waals surface area (Å²) in [6.07, 6.45) is 5.48. The van der Waals surface area contributed by atoms with Gasteiger partial charge in [-0.1, -0.05) is 0 Å². The highest BCUT2D eigenvalue weighted by Crippen LogP contribution is 2.31. The zero-order valence-corrected chi connectivity index (χ0v) is 13.2. The first kappa shape index (κ1) is 15.8. The number of carbonyl (C=O) groups excluding carboxylic acids is 1. The van der Waals surface area contributed by atoms with Gasteiger partial charge in [0.25, 0.3) is 5.91 Å². The van der Waals surface area contributed by atoms with Crippen LogP contribution in [0.1, 0.15) is 37.7 Å². The number of aliphatic hydroxyl groups is 1. The topological polar surface area (TPSA) is 80.5 Å². The molecule has 1 aromatic rings. The van der Waals surface area contributed by atoms with Crippen LogP contribution in [0.25, 0.3) is 0 Å². The molecular weight excluding hydrogens is 292 g/mol. The summed E-state index contributed by atoms with van der Waals surface area (Å²) >= 11 is 0. The van der Waals surface area contributed by atoms with Crippen molar-refractivity contribution in [1.29, 1.82) is 5.26 Å². The van der Waals surface area contributed by atoms with E-state index in [0.717, 1.165) is 25.8 Å². The van der Waals surface area contributed by atoms with Crippen molar-refractivity contribution >= 4 is 11.7 Å². The maximum absolute atomic E-state index is 12.6. The van der Waals surface area contributed by atoms with Gasteiger partial charge in [-0.25, -0.2) is 4.98 Å². The fourth-order valence-electron chi connectivity index (χ4n) is 3.54. The van der Waals surface area contributed by atoms with Crippen LogP contribution in [0.15, 0.2) is 18.3 Å². The fourth-order valence-corrected chi connectivity index (χ4v) is 3.54. The molecule has 3 rings (SSSR count). The van der Waals surface area contributed by atoms with E-state index in [1.807, 2.05) is 0 Å². The average molecular weight is 314 g/mol. The van der Waals surface area contributed by atoms with Gasteiger partial charge in [0, 0.05) is 32.4 Å².